The van der Waals surface area contributed by atoms with Crippen LogP contribution in [0.1, 0.15) is 25.6 Å². The van der Waals surface area contributed by atoms with Crippen LogP contribution in [0, 0.1) is 6.92 Å². The second kappa shape index (κ2) is 6.10. The molecule has 0 aliphatic heterocycles. The van der Waals surface area contributed by atoms with Crippen molar-refractivity contribution >= 4 is 7.82 Å². The standard InChI is InChI=1S/C8H15N2O5P/c1-4-12-16(11,13-5-2)14-6-8-10-9-7(3)15-8/h4-6H2,1-3H3. The number of aryl methyl sites for hydroxylation is 1. The Labute approximate surface area is 93.7 Å². The van der Waals surface area contributed by atoms with E-state index in [4.69, 9.17) is 18.0 Å². The molecule has 1 aromatic heterocycles. The SMILES string of the molecule is CCOP(=O)(OCC)OCc1nnc(C)o1. The molecule has 0 spiro atoms. The van der Waals surface area contributed by atoms with E-state index in [9.17, 15) is 4.57 Å². The minimum atomic E-state index is -3.50. The van der Waals surface area contributed by atoms with E-state index >= 15 is 0 Å². The lowest BCUT2D eigenvalue weighted by Gasteiger charge is -2.14. The largest absolute Gasteiger partial charge is 0.475 e. The third-order valence-electron chi connectivity index (χ3n) is 1.49. The lowest BCUT2D eigenvalue weighted by Crippen LogP contribution is -2.00. The molecule has 0 saturated heterocycles. The van der Waals surface area contributed by atoms with Gasteiger partial charge < -0.3 is 4.42 Å². The molecule has 0 radical (unpaired) electrons. The van der Waals surface area contributed by atoms with E-state index in [0.29, 0.717) is 5.89 Å². The first-order valence-electron chi connectivity index (χ1n) is 4.92. The summed E-state index contributed by atoms with van der Waals surface area (Å²) in [6, 6.07) is 0. The number of rotatable bonds is 7. The third-order valence-corrected chi connectivity index (χ3v) is 3.08. The quantitative estimate of drug-likeness (QED) is 0.685. The van der Waals surface area contributed by atoms with Crippen LogP contribution in [0.2, 0.25) is 0 Å². The Bertz CT molecular complexity index is 357. The maximum atomic E-state index is 11.8. The molecule has 0 N–H and O–H groups in total. The van der Waals surface area contributed by atoms with Gasteiger partial charge in [0.1, 0.15) is 6.61 Å². The third kappa shape index (κ3) is 4.02. The van der Waals surface area contributed by atoms with Crippen LogP contribution in [0.3, 0.4) is 0 Å². The van der Waals surface area contributed by atoms with Gasteiger partial charge in [0.2, 0.25) is 11.8 Å². The van der Waals surface area contributed by atoms with Crippen LogP contribution in [0.25, 0.3) is 0 Å². The molecule has 0 unspecified atom stereocenters. The van der Waals surface area contributed by atoms with E-state index in [0.717, 1.165) is 0 Å². The van der Waals surface area contributed by atoms with Crippen molar-refractivity contribution in [3.63, 3.8) is 0 Å². The predicted molar refractivity (Wildman–Crippen MR) is 54.7 cm³/mol. The van der Waals surface area contributed by atoms with Gasteiger partial charge in [-0.1, -0.05) is 0 Å². The highest BCUT2D eigenvalue weighted by Gasteiger charge is 2.26. The molecule has 0 amide bonds. The van der Waals surface area contributed by atoms with Gasteiger partial charge in [-0.15, -0.1) is 10.2 Å². The molecule has 0 aliphatic carbocycles. The normalized spacial score (nSPS) is 11.9. The highest BCUT2D eigenvalue weighted by atomic mass is 31.2. The van der Waals surface area contributed by atoms with Gasteiger partial charge in [-0.3, -0.25) is 13.6 Å². The van der Waals surface area contributed by atoms with Crippen LogP contribution >= 0.6 is 7.82 Å². The van der Waals surface area contributed by atoms with E-state index in [1.165, 1.54) is 0 Å². The molecule has 0 aliphatic rings. The average Bonchev–Trinajstić information content (AvgIpc) is 2.62. The molecular weight excluding hydrogens is 235 g/mol. The summed E-state index contributed by atoms with van der Waals surface area (Å²) in [5, 5.41) is 7.31. The molecule has 0 saturated carbocycles. The van der Waals surface area contributed by atoms with E-state index in [1.807, 2.05) is 0 Å². The van der Waals surface area contributed by atoms with Crippen LogP contribution < -0.4 is 0 Å². The van der Waals surface area contributed by atoms with Gasteiger partial charge in [0.15, 0.2) is 0 Å². The van der Waals surface area contributed by atoms with Gasteiger partial charge in [0.25, 0.3) is 0 Å². The zero-order chi connectivity index (χ0) is 12.0. The minimum Gasteiger partial charge on any atom is -0.423 e. The fourth-order valence-electron chi connectivity index (χ4n) is 0.958. The number of hydrogen-bond donors (Lipinski definition) is 0. The van der Waals surface area contributed by atoms with Crippen molar-refractivity contribution in [3.05, 3.63) is 11.8 Å². The molecule has 92 valence electrons. The van der Waals surface area contributed by atoms with Crippen LogP contribution in [-0.2, 0) is 24.7 Å². The van der Waals surface area contributed by atoms with Crippen molar-refractivity contribution in [2.75, 3.05) is 13.2 Å². The smallest absolute Gasteiger partial charge is 0.423 e. The maximum absolute atomic E-state index is 11.8. The molecule has 7 nitrogen and oxygen atoms in total. The zero-order valence-electron chi connectivity index (χ0n) is 9.50. The number of phosphoric ester groups is 1. The van der Waals surface area contributed by atoms with Crippen molar-refractivity contribution in [1.29, 1.82) is 0 Å². The Morgan fingerprint density at radius 2 is 1.81 bits per heavy atom. The van der Waals surface area contributed by atoms with Gasteiger partial charge in [-0.2, -0.15) is 0 Å². The molecule has 0 bridgehead atoms. The monoisotopic (exact) mass is 250 g/mol. The zero-order valence-corrected chi connectivity index (χ0v) is 10.4. The van der Waals surface area contributed by atoms with Gasteiger partial charge in [-0.05, 0) is 13.8 Å². The van der Waals surface area contributed by atoms with Gasteiger partial charge in [0.05, 0.1) is 13.2 Å². The second-order valence-corrected chi connectivity index (χ2v) is 4.44. The lowest BCUT2D eigenvalue weighted by atomic mass is 10.7. The first kappa shape index (κ1) is 13.3. The molecular formula is C8H15N2O5P. The first-order valence-corrected chi connectivity index (χ1v) is 6.38. The van der Waals surface area contributed by atoms with E-state index in [-0.39, 0.29) is 25.7 Å². The first-order chi connectivity index (χ1) is 7.59. The fraction of sp³-hybridized carbons (Fsp3) is 0.750. The van der Waals surface area contributed by atoms with Crippen molar-refractivity contribution in [3.8, 4) is 0 Å². The summed E-state index contributed by atoms with van der Waals surface area (Å²) in [7, 11) is -3.50. The Kier molecular flexibility index (Phi) is 5.08. The van der Waals surface area contributed by atoms with Crippen molar-refractivity contribution in [2.45, 2.75) is 27.4 Å². The van der Waals surface area contributed by atoms with Crippen LogP contribution in [0.15, 0.2) is 4.42 Å². The van der Waals surface area contributed by atoms with E-state index in [1.54, 1.807) is 20.8 Å². The number of nitrogens with zero attached hydrogens (tertiary/aromatic N) is 2. The van der Waals surface area contributed by atoms with Crippen molar-refractivity contribution in [2.24, 2.45) is 0 Å². The summed E-state index contributed by atoms with van der Waals surface area (Å²) in [5.74, 6) is 0.651. The number of phosphoric acid groups is 1. The summed E-state index contributed by atoms with van der Waals surface area (Å²) in [6.45, 7) is 5.43. The molecule has 0 atom stereocenters. The fourth-order valence-corrected chi connectivity index (χ4v) is 2.08. The lowest BCUT2D eigenvalue weighted by molar-refractivity contribution is 0.108. The summed E-state index contributed by atoms with van der Waals surface area (Å²) < 4.78 is 31.8. The van der Waals surface area contributed by atoms with Gasteiger partial charge >= 0.3 is 7.82 Å². The molecule has 1 aromatic rings. The molecule has 1 heterocycles. The highest BCUT2D eigenvalue weighted by molar-refractivity contribution is 7.48. The Morgan fingerprint density at radius 3 is 2.25 bits per heavy atom. The van der Waals surface area contributed by atoms with Crippen LogP contribution in [0.4, 0.5) is 0 Å². The minimum absolute atomic E-state index is 0.0991. The molecule has 0 fully saturated rings. The Balaban J connectivity index is 2.53. The maximum Gasteiger partial charge on any atom is 0.475 e. The molecule has 8 heteroatoms. The topological polar surface area (TPSA) is 83.7 Å². The van der Waals surface area contributed by atoms with Crippen molar-refractivity contribution in [1.82, 2.24) is 10.2 Å². The molecule has 0 aromatic carbocycles. The Morgan fingerprint density at radius 1 is 1.19 bits per heavy atom. The van der Waals surface area contributed by atoms with E-state index < -0.39 is 7.82 Å². The summed E-state index contributed by atoms with van der Waals surface area (Å²) >= 11 is 0. The van der Waals surface area contributed by atoms with Gasteiger partial charge in [-0.25, -0.2) is 4.57 Å². The van der Waals surface area contributed by atoms with Crippen molar-refractivity contribution < 1.29 is 22.6 Å². The number of aromatic nitrogens is 2. The summed E-state index contributed by atoms with van der Waals surface area (Å²) in [5.41, 5.74) is 0. The second-order valence-electron chi connectivity index (χ2n) is 2.77. The predicted octanol–water partition coefficient (Wildman–Crippen LogP) is 2.08. The molecule has 16 heavy (non-hydrogen) atoms. The van der Waals surface area contributed by atoms with E-state index in [2.05, 4.69) is 10.2 Å². The summed E-state index contributed by atoms with van der Waals surface area (Å²) in [4.78, 5) is 0. The van der Waals surface area contributed by atoms with Crippen LogP contribution in [0.5, 0.6) is 0 Å². The Hall–Kier alpha value is -0.750. The highest BCUT2D eigenvalue weighted by Crippen LogP contribution is 2.49. The number of hydrogen-bond acceptors (Lipinski definition) is 7. The van der Waals surface area contributed by atoms with Gasteiger partial charge in [0, 0.05) is 6.92 Å². The summed E-state index contributed by atoms with van der Waals surface area (Å²) in [6.07, 6.45) is 0. The van der Waals surface area contributed by atoms with Crippen LogP contribution in [-0.4, -0.2) is 23.4 Å². The molecule has 1 rings (SSSR count). The average molecular weight is 250 g/mol.